The maximum Gasteiger partial charge on any atom is 0.340 e. The number of ether oxygens (including phenoxy) is 3. The van der Waals surface area contributed by atoms with Crippen molar-refractivity contribution in [2.45, 2.75) is 58.8 Å². The zero-order valence-electron chi connectivity index (χ0n) is 20.1. The van der Waals surface area contributed by atoms with E-state index in [0.29, 0.717) is 10.4 Å². The van der Waals surface area contributed by atoms with Crippen molar-refractivity contribution in [3.63, 3.8) is 0 Å². The van der Waals surface area contributed by atoms with Gasteiger partial charge in [0.1, 0.15) is 5.75 Å². The van der Waals surface area contributed by atoms with Gasteiger partial charge in [0.05, 0.1) is 25.4 Å². The number of carbonyl (C=O) groups is 1. The highest BCUT2D eigenvalue weighted by Crippen LogP contribution is 2.48. The van der Waals surface area contributed by atoms with Crippen LogP contribution in [-0.2, 0) is 27.3 Å². The maximum atomic E-state index is 13.2. The molecule has 0 spiro atoms. The second-order valence-electron chi connectivity index (χ2n) is 9.17. The number of aromatic nitrogens is 1. The number of carbonyl (C=O) groups excluding carboxylic acids is 1. The maximum absolute atomic E-state index is 13.2. The predicted molar refractivity (Wildman–Crippen MR) is 133 cm³/mol. The number of esters is 1. The zero-order chi connectivity index (χ0) is 24.3. The largest absolute Gasteiger partial charge is 0.493 e. The number of aliphatic hydroxyl groups excluding tert-OH is 1. The van der Waals surface area contributed by atoms with E-state index in [4.69, 9.17) is 14.2 Å². The van der Waals surface area contributed by atoms with Crippen LogP contribution < -0.4 is 4.74 Å². The minimum absolute atomic E-state index is 0.213. The number of pyridine rings is 1. The van der Waals surface area contributed by atoms with Crippen LogP contribution in [0, 0.1) is 0 Å². The molecule has 34 heavy (non-hydrogen) atoms. The predicted octanol–water partition coefficient (Wildman–Crippen LogP) is 5.71. The molecule has 1 aliphatic heterocycles. The van der Waals surface area contributed by atoms with Gasteiger partial charge in [-0.15, -0.1) is 11.3 Å². The summed E-state index contributed by atoms with van der Waals surface area (Å²) in [4.78, 5) is 19.0. The first-order valence-corrected chi connectivity index (χ1v) is 12.4. The van der Waals surface area contributed by atoms with E-state index in [1.165, 1.54) is 11.3 Å². The third kappa shape index (κ3) is 5.17. The molecule has 1 atom stereocenters. The van der Waals surface area contributed by atoms with E-state index in [9.17, 15) is 9.90 Å². The average Bonchev–Trinajstić information content (AvgIpc) is 3.22. The van der Waals surface area contributed by atoms with Crippen molar-refractivity contribution in [2.75, 3.05) is 13.2 Å². The number of benzene rings is 1. The summed E-state index contributed by atoms with van der Waals surface area (Å²) < 4.78 is 17.5. The van der Waals surface area contributed by atoms with Gasteiger partial charge in [0.25, 0.3) is 0 Å². The van der Waals surface area contributed by atoms with E-state index >= 15 is 0 Å². The Bertz CT molecular complexity index is 1150. The summed E-state index contributed by atoms with van der Waals surface area (Å²) in [6, 6.07) is 10.0. The lowest BCUT2D eigenvalue weighted by molar-refractivity contribution is -0.166. The van der Waals surface area contributed by atoms with Gasteiger partial charge in [-0.1, -0.05) is 6.07 Å². The van der Waals surface area contributed by atoms with Crippen molar-refractivity contribution in [1.29, 1.82) is 0 Å². The summed E-state index contributed by atoms with van der Waals surface area (Å²) in [6.45, 7) is 8.24. The standard InChI is InChI=1S/C27H31NO5S/c1-5-31-26(30)24(33-27(2,3)4)23-21(16-29)34-25(17-10-12-28-13-11-17)22(23)19-8-9-20-18(15-19)7-6-14-32-20/h8-13,15,24,29H,5-7,14,16H2,1-4H3. The molecule has 3 heterocycles. The molecule has 1 aromatic carbocycles. The van der Waals surface area contributed by atoms with E-state index in [0.717, 1.165) is 52.3 Å². The number of aryl methyl sites for hydroxylation is 1. The Labute approximate surface area is 204 Å². The molecule has 0 saturated heterocycles. The lowest BCUT2D eigenvalue weighted by Gasteiger charge is -2.28. The topological polar surface area (TPSA) is 77.9 Å². The highest BCUT2D eigenvalue weighted by molar-refractivity contribution is 7.16. The van der Waals surface area contributed by atoms with Crippen LogP contribution >= 0.6 is 11.3 Å². The van der Waals surface area contributed by atoms with Crippen LogP contribution in [0.15, 0.2) is 42.7 Å². The molecule has 0 fully saturated rings. The van der Waals surface area contributed by atoms with Gasteiger partial charge in [0.15, 0.2) is 6.10 Å². The smallest absolute Gasteiger partial charge is 0.340 e. The number of hydrogen-bond acceptors (Lipinski definition) is 7. The molecule has 0 aliphatic carbocycles. The highest BCUT2D eigenvalue weighted by atomic mass is 32.1. The molecule has 0 amide bonds. The van der Waals surface area contributed by atoms with Gasteiger partial charge in [-0.3, -0.25) is 4.98 Å². The van der Waals surface area contributed by atoms with Crippen LogP contribution in [-0.4, -0.2) is 34.9 Å². The number of thiophene rings is 1. The fourth-order valence-electron chi connectivity index (χ4n) is 4.19. The Hall–Kier alpha value is -2.74. The Morgan fingerprint density at radius 2 is 1.97 bits per heavy atom. The summed E-state index contributed by atoms with van der Waals surface area (Å²) in [5.41, 5.74) is 3.97. The molecule has 4 rings (SSSR count). The fraction of sp³-hybridized carbons (Fsp3) is 0.407. The number of fused-ring (bicyclic) bond motifs is 1. The fourth-order valence-corrected chi connectivity index (χ4v) is 5.40. The van der Waals surface area contributed by atoms with Crippen molar-refractivity contribution in [3.05, 3.63) is 58.7 Å². The zero-order valence-corrected chi connectivity index (χ0v) is 20.9. The minimum Gasteiger partial charge on any atom is -0.493 e. The van der Waals surface area contributed by atoms with E-state index in [1.807, 2.05) is 45.0 Å². The number of rotatable bonds is 7. The average molecular weight is 482 g/mol. The molecule has 3 aromatic rings. The van der Waals surface area contributed by atoms with Crippen LogP contribution in [0.1, 0.15) is 56.2 Å². The molecule has 1 aliphatic rings. The lowest BCUT2D eigenvalue weighted by atomic mass is 9.91. The second-order valence-corrected chi connectivity index (χ2v) is 10.3. The Balaban J connectivity index is 1.98. The number of nitrogens with zero attached hydrogens (tertiary/aromatic N) is 1. The first-order chi connectivity index (χ1) is 16.3. The van der Waals surface area contributed by atoms with Gasteiger partial charge in [-0.05, 0) is 81.5 Å². The molecule has 0 radical (unpaired) electrons. The van der Waals surface area contributed by atoms with Crippen molar-refractivity contribution in [3.8, 4) is 27.3 Å². The lowest BCUT2D eigenvalue weighted by Crippen LogP contribution is -2.29. The third-order valence-corrected chi connectivity index (χ3v) is 6.78. The van der Waals surface area contributed by atoms with Crippen molar-refractivity contribution in [1.82, 2.24) is 4.98 Å². The molecule has 0 bridgehead atoms. The van der Waals surface area contributed by atoms with Crippen molar-refractivity contribution in [2.24, 2.45) is 0 Å². The summed E-state index contributed by atoms with van der Waals surface area (Å²) >= 11 is 1.46. The SMILES string of the molecule is CCOC(=O)C(OC(C)(C)C)c1c(CO)sc(-c2ccncc2)c1-c1ccc2c(c1)CCCO2. The quantitative estimate of drug-likeness (QED) is 0.435. The van der Waals surface area contributed by atoms with E-state index in [2.05, 4.69) is 11.1 Å². The third-order valence-electron chi connectivity index (χ3n) is 5.54. The number of hydrogen-bond donors (Lipinski definition) is 1. The summed E-state index contributed by atoms with van der Waals surface area (Å²) in [5.74, 6) is 0.432. The van der Waals surface area contributed by atoms with Crippen molar-refractivity contribution < 1.29 is 24.1 Å². The van der Waals surface area contributed by atoms with Gasteiger partial charge in [0.2, 0.25) is 0 Å². The van der Waals surface area contributed by atoms with Gasteiger partial charge in [0, 0.05) is 33.3 Å². The molecular formula is C27H31NO5S. The first kappa shape index (κ1) is 24.4. The van der Waals surface area contributed by atoms with Crippen LogP contribution in [0.25, 0.3) is 21.6 Å². The number of aliphatic hydroxyl groups is 1. The highest BCUT2D eigenvalue weighted by Gasteiger charge is 2.35. The van der Waals surface area contributed by atoms with Crippen LogP contribution in [0.3, 0.4) is 0 Å². The molecule has 1 unspecified atom stereocenters. The monoisotopic (exact) mass is 481 g/mol. The van der Waals surface area contributed by atoms with Gasteiger partial charge < -0.3 is 19.3 Å². The normalized spacial score (nSPS) is 14.3. The minimum atomic E-state index is -0.976. The molecule has 2 aromatic heterocycles. The molecule has 7 heteroatoms. The van der Waals surface area contributed by atoms with E-state index < -0.39 is 17.7 Å². The van der Waals surface area contributed by atoms with Gasteiger partial charge in [-0.25, -0.2) is 4.79 Å². The summed E-state index contributed by atoms with van der Waals surface area (Å²) in [6.07, 6.45) is 4.40. The second kappa shape index (κ2) is 10.3. The van der Waals surface area contributed by atoms with Crippen molar-refractivity contribution >= 4 is 17.3 Å². The van der Waals surface area contributed by atoms with Gasteiger partial charge >= 0.3 is 5.97 Å². The van der Waals surface area contributed by atoms with E-state index in [1.54, 1.807) is 19.3 Å². The Morgan fingerprint density at radius 3 is 2.65 bits per heavy atom. The van der Waals surface area contributed by atoms with Crippen LogP contribution in [0.5, 0.6) is 5.75 Å². The van der Waals surface area contributed by atoms with E-state index in [-0.39, 0.29) is 13.2 Å². The van der Waals surface area contributed by atoms with Crippen LogP contribution in [0.2, 0.25) is 0 Å². The first-order valence-electron chi connectivity index (χ1n) is 11.6. The molecule has 6 nitrogen and oxygen atoms in total. The molecule has 1 N–H and O–H groups in total. The Morgan fingerprint density at radius 1 is 1.21 bits per heavy atom. The Kier molecular flexibility index (Phi) is 7.36. The summed E-state index contributed by atoms with van der Waals surface area (Å²) in [5, 5.41) is 10.4. The van der Waals surface area contributed by atoms with Crippen LogP contribution in [0.4, 0.5) is 0 Å². The molecule has 0 saturated carbocycles. The molecule has 180 valence electrons. The van der Waals surface area contributed by atoms with Gasteiger partial charge in [-0.2, -0.15) is 0 Å². The summed E-state index contributed by atoms with van der Waals surface area (Å²) in [7, 11) is 0. The molecular weight excluding hydrogens is 450 g/mol.